The van der Waals surface area contributed by atoms with Gasteiger partial charge in [0.2, 0.25) is 15.9 Å². The van der Waals surface area contributed by atoms with Crippen molar-refractivity contribution in [1.29, 1.82) is 0 Å². The maximum absolute atomic E-state index is 12.2. The van der Waals surface area contributed by atoms with E-state index < -0.39 is 16.1 Å². The van der Waals surface area contributed by atoms with Crippen LogP contribution in [0.2, 0.25) is 5.02 Å². The number of carbonyl (C=O) groups excluding carboxylic acids is 1. The Morgan fingerprint density at radius 3 is 2.25 bits per heavy atom. The predicted molar refractivity (Wildman–Crippen MR) is 95.7 cm³/mol. The third-order valence-corrected chi connectivity index (χ3v) is 4.74. The third-order valence-electron chi connectivity index (χ3n) is 3.40. The quantitative estimate of drug-likeness (QED) is 0.756. The van der Waals surface area contributed by atoms with E-state index in [1.165, 1.54) is 24.3 Å². The molecule has 0 saturated carbocycles. The molecule has 24 heavy (non-hydrogen) atoms. The molecule has 0 aromatic heterocycles. The minimum Gasteiger partial charge on any atom is -0.374 e. The fraction of sp³-hybridized carbons (Fsp3) is 0.188. The molecule has 0 aliphatic rings. The van der Waals surface area contributed by atoms with Crippen LogP contribution >= 0.6 is 11.6 Å². The van der Waals surface area contributed by atoms with Gasteiger partial charge in [-0.15, -0.1) is 0 Å². The summed E-state index contributed by atoms with van der Waals surface area (Å²) in [5.74, 6) is -0.268. The molecule has 2 aromatic rings. The van der Waals surface area contributed by atoms with Crippen LogP contribution in [-0.2, 0) is 14.8 Å². The van der Waals surface area contributed by atoms with Crippen LogP contribution < -0.4 is 15.8 Å². The molecule has 0 bridgehead atoms. The van der Waals surface area contributed by atoms with E-state index in [1.807, 2.05) is 19.1 Å². The van der Waals surface area contributed by atoms with Gasteiger partial charge in [0.1, 0.15) is 6.04 Å². The second-order valence-electron chi connectivity index (χ2n) is 5.39. The van der Waals surface area contributed by atoms with E-state index in [9.17, 15) is 13.2 Å². The first-order valence-corrected chi connectivity index (χ1v) is 9.05. The maximum Gasteiger partial charge on any atom is 0.246 e. The molecule has 0 heterocycles. The van der Waals surface area contributed by atoms with E-state index in [0.717, 1.165) is 11.3 Å². The number of nitrogens with two attached hydrogens (primary N) is 1. The fourth-order valence-corrected chi connectivity index (χ4v) is 2.67. The fourth-order valence-electron chi connectivity index (χ4n) is 1.98. The molecule has 6 nitrogen and oxygen atoms in total. The summed E-state index contributed by atoms with van der Waals surface area (Å²) in [5.41, 5.74) is 2.16. The maximum atomic E-state index is 12.2. The number of amides is 1. The van der Waals surface area contributed by atoms with Gasteiger partial charge >= 0.3 is 0 Å². The van der Waals surface area contributed by atoms with E-state index in [4.69, 9.17) is 16.7 Å². The summed E-state index contributed by atoms with van der Waals surface area (Å²) in [6, 6.07) is 10.6. The van der Waals surface area contributed by atoms with Crippen LogP contribution in [0.15, 0.2) is 47.4 Å². The number of hydrogen-bond acceptors (Lipinski definition) is 4. The highest BCUT2D eigenvalue weighted by Gasteiger charge is 2.14. The van der Waals surface area contributed by atoms with Crippen molar-refractivity contribution in [3.05, 3.63) is 53.1 Å². The molecule has 0 fully saturated rings. The number of anilines is 2. The van der Waals surface area contributed by atoms with Crippen molar-refractivity contribution in [3.63, 3.8) is 0 Å². The Balaban J connectivity index is 2.02. The summed E-state index contributed by atoms with van der Waals surface area (Å²) in [7, 11) is -3.75. The predicted octanol–water partition coefficient (Wildman–Crippen LogP) is 2.73. The second-order valence-corrected chi connectivity index (χ2v) is 7.36. The first-order valence-electron chi connectivity index (χ1n) is 7.13. The standard InChI is InChI=1S/C16H18ClN3O3S/c1-10-3-4-13(9-15(10)17)19-11(2)16(21)20-12-5-7-14(8-6-12)24(18,22)23/h3-9,11,19H,1-2H3,(H,20,21)(H2,18,22,23)/t11-/m0/s1. The molecule has 2 aromatic carbocycles. The smallest absolute Gasteiger partial charge is 0.246 e. The summed E-state index contributed by atoms with van der Waals surface area (Å²) in [5, 5.41) is 11.4. The number of aryl methyl sites for hydroxylation is 1. The van der Waals surface area contributed by atoms with E-state index in [2.05, 4.69) is 10.6 Å². The van der Waals surface area contributed by atoms with Crippen LogP contribution in [0.1, 0.15) is 12.5 Å². The van der Waals surface area contributed by atoms with Gasteiger partial charge in [0.25, 0.3) is 0 Å². The third kappa shape index (κ3) is 4.70. The van der Waals surface area contributed by atoms with E-state index in [0.29, 0.717) is 10.7 Å². The Kier molecular flexibility index (Phi) is 5.48. The molecular formula is C16H18ClN3O3S. The van der Waals surface area contributed by atoms with Gasteiger partial charge in [-0.2, -0.15) is 0 Å². The topological polar surface area (TPSA) is 101 Å². The number of benzene rings is 2. The Labute approximate surface area is 146 Å². The van der Waals surface area contributed by atoms with Gasteiger partial charge in [-0.3, -0.25) is 4.79 Å². The molecule has 128 valence electrons. The number of hydrogen-bond donors (Lipinski definition) is 3. The van der Waals surface area contributed by atoms with Gasteiger partial charge < -0.3 is 10.6 Å². The number of carbonyl (C=O) groups is 1. The lowest BCUT2D eigenvalue weighted by Crippen LogP contribution is -2.31. The lowest BCUT2D eigenvalue weighted by molar-refractivity contribution is -0.116. The Morgan fingerprint density at radius 2 is 1.71 bits per heavy atom. The highest BCUT2D eigenvalue weighted by atomic mass is 35.5. The SMILES string of the molecule is Cc1ccc(N[C@@H](C)C(=O)Nc2ccc(S(N)(=O)=O)cc2)cc1Cl. The van der Waals surface area contributed by atoms with Crippen LogP contribution in [0.3, 0.4) is 0 Å². The molecule has 0 aliphatic carbocycles. The number of halogens is 1. The van der Waals surface area contributed by atoms with Gasteiger partial charge in [-0.25, -0.2) is 13.6 Å². The van der Waals surface area contributed by atoms with Gasteiger partial charge in [0, 0.05) is 16.4 Å². The van der Waals surface area contributed by atoms with Gasteiger partial charge in [0.05, 0.1) is 4.90 Å². The molecule has 8 heteroatoms. The van der Waals surface area contributed by atoms with E-state index in [1.54, 1.807) is 13.0 Å². The van der Waals surface area contributed by atoms with Crippen molar-refractivity contribution >= 4 is 38.9 Å². The zero-order valence-electron chi connectivity index (χ0n) is 13.2. The highest BCUT2D eigenvalue weighted by Crippen LogP contribution is 2.21. The monoisotopic (exact) mass is 367 g/mol. The zero-order valence-corrected chi connectivity index (χ0v) is 14.8. The van der Waals surface area contributed by atoms with Crippen molar-refractivity contribution < 1.29 is 13.2 Å². The van der Waals surface area contributed by atoms with Crippen LogP contribution in [-0.4, -0.2) is 20.4 Å². The lowest BCUT2D eigenvalue weighted by Gasteiger charge is -2.16. The van der Waals surface area contributed by atoms with E-state index in [-0.39, 0.29) is 10.8 Å². The minimum atomic E-state index is -3.75. The summed E-state index contributed by atoms with van der Waals surface area (Å²) >= 11 is 6.06. The van der Waals surface area contributed by atoms with Crippen LogP contribution in [0.4, 0.5) is 11.4 Å². The Morgan fingerprint density at radius 1 is 1.12 bits per heavy atom. The summed E-state index contributed by atoms with van der Waals surface area (Å²) in [6.45, 7) is 3.61. The first kappa shape index (κ1) is 18.3. The molecule has 0 aliphatic heterocycles. The highest BCUT2D eigenvalue weighted by molar-refractivity contribution is 7.89. The Hall–Kier alpha value is -2.09. The molecule has 4 N–H and O–H groups in total. The number of sulfonamides is 1. The molecule has 0 unspecified atom stereocenters. The van der Waals surface area contributed by atoms with Gasteiger partial charge in [-0.1, -0.05) is 17.7 Å². The zero-order chi connectivity index (χ0) is 17.9. The first-order chi connectivity index (χ1) is 11.2. The van der Waals surface area contributed by atoms with Gasteiger partial charge in [0.15, 0.2) is 0 Å². The summed E-state index contributed by atoms with van der Waals surface area (Å²) in [6.07, 6.45) is 0. The van der Waals surface area contributed by atoms with Crippen molar-refractivity contribution in [1.82, 2.24) is 0 Å². The average Bonchev–Trinajstić information content (AvgIpc) is 2.50. The van der Waals surface area contributed by atoms with Gasteiger partial charge in [-0.05, 0) is 55.8 Å². The lowest BCUT2D eigenvalue weighted by atomic mass is 10.2. The second kappa shape index (κ2) is 7.21. The molecule has 0 spiro atoms. The number of nitrogens with one attached hydrogen (secondary N) is 2. The number of rotatable bonds is 5. The Bertz CT molecular complexity index is 851. The van der Waals surface area contributed by atoms with Crippen LogP contribution in [0, 0.1) is 6.92 Å². The molecule has 1 atom stereocenters. The van der Waals surface area contributed by atoms with E-state index >= 15 is 0 Å². The molecule has 0 radical (unpaired) electrons. The summed E-state index contributed by atoms with van der Waals surface area (Å²) in [4.78, 5) is 12.2. The van der Waals surface area contributed by atoms with Crippen molar-refractivity contribution in [3.8, 4) is 0 Å². The summed E-state index contributed by atoms with van der Waals surface area (Å²) < 4.78 is 22.4. The van der Waals surface area contributed by atoms with Crippen molar-refractivity contribution in [2.45, 2.75) is 24.8 Å². The minimum absolute atomic E-state index is 0.0130. The van der Waals surface area contributed by atoms with Crippen LogP contribution in [0.25, 0.3) is 0 Å². The van der Waals surface area contributed by atoms with Crippen molar-refractivity contribution in [2.24, 2.45) is 5.14 Å². The molecule has 1 amide bonds. The molecule has 0 saturated heterocycles. The van der Waals surface area contributed by atoms with Crippen molar-refractivity contribution in [2.75, 3.05) is 10.6 Å². The normalized spacial score (nSPS) is 12.5. The average molecular weight is 368 g/mol. The molecule has 2 rings (SSSR count). The van der Waals surface area contributed by atoms with Crippen LogP contribution in [0.5, 0.6) is 0 Å². The largest absolute Gasteiger partial charge is 0.374 e. The number of primary sulfonamides is 1. The molecular weight excluding hydrogens is 350 g/mol.